The smallest absolute Gasteiger partial charge is 0.246 e. The van der Waals surface area contributed by atoms with E-state index in [1.54, 1.807) is 6.92 Å². The van der Waals surface area contributed by atoms with E-state index in [2.05, 4.69) is 0 Å². The van der Waals surface area contributed by atoms with Crippen LogP contribution in [0, 0.1) is 12.7 Å². The van der Waals surface area contributed by atoms with E-state index in [1.165, 1.54) is 17.3 Å². The van der Waals surface area contributed by atoms with Crippen LogP contribution < -0.4 is 5.73 Å². The molecule has 0 radical (unpaired) electrons. The maximum atomic E-state index is 14.1. The van der Waals surface area contributed by atoms with Gasteiger partial charge in [-0.05, 0) is 31.5 Å². The van der Waals surface area contributed by atoms with Crippen molar-refractivity contribution in [1.29, 1.82) is 0 Å². The average Bonchev–Trinajstić information content (AvgIpc) is 2.38. The second-order valence-electron chi connectivity index (χ2n) is 4.34. The number of nitrogens with zero attached hydrogens (tertiary/aromatic N) is 1. The summed E-state index contributed by atoms with van der Waals surface area (Å²) in [6.07, 6.45) is 0. The van der Waals surface area contributed by atoms with Crippen molar-refractivity contribution in [2.24, 2.45) is 0 Å². The number of rotatable bonds is 7. The van der Waals surface area contributed by atoms with Gasteiger partial charge >= 0.3 is 0 Å². The van der Waals surface area contributed by atoms with E-state index in [0.29, 0.717) is 6.61 Å². The third-order valence-corrected chi connectivity index (χ3v) is 4.88. The predicted octanol–water partition coefficient (Wildman–Crippen LogP) is 1.76. The van der Waals surface area contributed by atoms with Gasteiger partial charge in [-0.2, -0.15) is 4.31 Å². The van der Waals surface area contributed by atoms with E-state index in [4.69, 9.17) is 10.5 Å². The highest BCUT2D eigenvalue weighted by Crippen LogP contribution is 2.24. The number of halogens is 1. The van der Waals surface area contributed by atoms with Gasteiger partial charge in [0, 0.05) is 25.4 Å². The first-order valence-corrected chi connectivity index (χ1v) is 7.92. The Labute approximate surface area is 119 Å². The summed E-state index contributed by atoms with van der Waals surface area (Å²) in [6, 6.07) is 2.56. The summed E-state index contributed by atoms with van der Waals surface area (Å²) in [5, 5.41) is 0. The topological polar surface area (TPSA) is 72.6 Å². The lowest BCUT2D eigenvalue weighted by Gasteiger charge is -2.21. The molecule has 0 fully saturated rings. The maximum Gasteiger partial charge on any atom is 0.246 e. The minimum atomic E-state index is -3.91. The van der Waals surface area contributed by atoms with Gasteiger partial charge in [0.25, 0.3) is 0 Å². The van der Waals surface area contributed by atoms with Gasteiger partial charge < -0.3 is 10.5 Å². The van der Waals surface area contributed by atoms with E-state index in [0.717, 1.165) is 6.07 Å². The quantitative estimate of drug-likeness (QED) is 0.615. The minimum Gasteiger partial charge on any atom is -0.399 e. The van der Waals surface area contributed by atoms with E-state index in [1.807, 2.05) is 6.92 Å². The molecule has 0 aliphatic carbocycles. The molecule has 5 nitrogen and oxygen atoms in total. The zero-order valence-corrected chi connectivity index (χ0v) is 12.8. The molecule has 0 spiro atoms. The Morgan fingerprint density at radius 3 is 2.55 bits per heavy atom. The Balaban J connectivity index is 3.14. The Morgan fingerprint density at radius 2 is 2.00 bits per heavy atom. The molecular formula is C13H21FN2O3S. The molecule has 0 atom stereocenters. The van der Waals surface area contributed by atoms with E-state index < -0.39 is 15.8 Å². The lowest BCUT2D eigenvalue weighted by atomic mass is 10.2. The van der Waals surface area contributed by atoms with Gasteiger partial charge in [-0.1, -0.05) is 6.92 Å². The van der Waals surface area contributed by atoms with Gasteiger partial charge in [-0.15, -0.1) is 0 Å². The van der Waals surface area contributed by atoms with Crippen LogP contribution in [0.15, 0.2) is 17.0 Å². The van der Waals surface area contributed by atoms with Crippen molar-refractivity contribution in [2.45, 2.75) is 25.7 Å². The Kier molecular flexibility index (Phi) is 5.91. The molecule has 0 aliphatic heterocycles. The summed E-state index contributed by atoms with van der Waals surface area (Å²) in [5.74, 6) is -0.756. The number of anilines is 1. The van der Waals surface area contributed by atoms with Crippen LogP contribution in [0.1, 0.15) is 19.4 Å². The lowest BCUT2D eigenvalue weighted by Crippen LogP contribution is -2.34. The molecular weight excluding hydrogens is 283 g/mol. The number of sulfonamides is 1. The van der Waals surface area contributed by atoms with Crippen LogP contribution >= 0.6 is 0 Å². The zero-order valence-electron chi connectivity index (χ0n) is 12.0. The molecule has 0 bridgehead atoms. The molecule has 0 amide bonds. The molecule has 1 aromatic rings. The number of hydrogen-bond acceptors (Lipinski definition) is 4. The van der Waals surface area contributed by atoms with Crippen LogP contribution in [0.5, 0.6) is 0 Å². The van der Waals surface area contributed by atoms with Gasteiger partial charge in [-0.3, -0.25) is 0 Å². The summed E-state index contributed by atoms with van der Waals surface area (Å²) in [5.41, 5.74) is 6.05. The van der Waals surface area contributed by atoms with Gasteiger partial charge in [0.2, 0.25) is 10.0 Å². The fourth-order valence-corrected chi connectivity index (χ4v) is 3.46. The first kappa shape index (κ1) is 16.9. The summed E-state index contributed by atoms with van der Waals surface area (Å²) < 4.78 is 45.3. The Hall–Kier alpha value is -1.18. The van der Waals surface area contributed by atoms with Crippen molar-refractivity contribution in [3.63, 3.8) is 0 Å². The van der Waals surface area contributed by atoms with Crippen molar-refractivity contribution in [1.82, 2.24) is 4.31 Å². The number of ether oxygens (including phenoxy) is 1. The third-order valence-electron chi connectivity index (χ3n) is 2.90. The highest BCUT2D eigenvalue weighted by Gasteiger charge is 2.27. The molecule has 0 aliphatic rings. The standard InChI is InChI=1S/C13H21FN2O3S/c1-4-16(6-7-19-5-2)20(17,18)12-9-11(15)8-10(3)13(12)14/h8-9H,4-7,15H2,1-3H3. The summed E-state index contributed by atoms with van der Waals surface area (Å²) in [7, 11) is -3.91. The number of benzene rings is 1. The largest absolute Gasteiger partial charge is 0.399 e. The van der Waals surface area contributed by atoms with Gasteiger partial charge in [0.05, 0.1) is 6.61 Å². The van der Waals surface area contributed by atoms with Crippen LogP contribution in [0.3, 0.4) is 0 Å². The van der Waals surface area contributed by atoms with E-state index >= 15 is 0 Å². The van der Waals surface area contributed by atoms with Crippen molar-refractivity contribution in [3.8, 4) is 0 Å². The highest BCUT2D eigenvalue weighted by atomic mass is 32.2. The molecule has 0 heterocycles. The number of aryl methyl sites for hydroxylation is 1. The van der Waals surface area contributed by atoms with Crippen LogP contribution in [-0.2, 0) is 14.8 Å². The number of nitrogens with two attached hydrogens (primary N) is 1. The fourth-order valence-electron chi connectivity index (χ4n) is 1.85. The maximum absolute atomic E-state index is 14.1. The first-order chi connectivity index (χ1) is 9.34. The molecule has 7 heteroatoms. The molecule has 2 N–H and O–H groups in total. The van der Waals surface area contributed by atoms with Gasteiger partial charge in [0.1, 0.15) is 10.7 Å². The van der Waals surface area contributed by atoms with E-state index in [9.17, 15) is 12.8 Å². The Bertz CT molecular complexity index is 561. The second kappa shape index (κ2) is 7.01. The fraction of sp³-hybridized carbons (Fsp3) is 0.538. The van der Waals surface area contributed by atoms with Crippen LogP contribution in [0.2, 0.25) is 0 Å². The van der Waals surface area contributed by atoms with Crippen molar-refractivity contribution < 1.29 is 17.5 Å². The molecule has 20 heavy (non-hydrogen) atoms. The predicted molar refractivity (Wildman–Crippen MR) is 76.5 cm³/mol. The summed E-state index contributed by atoms with van der Waals surface area (Å²) in [6.45, 7) is 6.20. The summed E-state index contributed by atoms with van der Waals surface area (Å²) >= 11 is 0. The average molecular weight is 304 g/mol. The lowest BCUT2D eigenvalue weighted by molar-refractivity contribution is 0.135. The second-order valence-corrected chi connectivity index (χ2v) is 6.25. The molecule has 1 rings (SSSR count). The summed E-state index contributed by atoms with van der Waals surface area (Å²) in [4.78, 5) is -0.381. The van der Waals surface area contributed by atoms with Gasteiger partial charge in [0.15, 0.2) is 0 Å². The highest BCUT2D eigenvalue weighted by molar-refractivity contribution is 7.89. The number of hydrogen-bond donors (Lipinski definition) is 1. The number of nitrogen functional groups attached to an aromatic ring is 1. The third kappa shape index (κ3) is 3.68. The van der Waals surface area contributed by atoms with Crippen LogP contribution in [-0.4, -0.2) is 39.0 Å². The Morgan fingerprint density at radius 1 is 1.35 bits per heavy atom. The van der Waals surface area contributed by atoms with Gasteiger partial charge in [-0.25, -0.2) is 12.8 Å². The van der Waals surface area contributed by atoms with Crippen molar-refractivity contribution >= 4 is 15.7 Å². The SMILES string of the molecule is CCOCCN(CC)S(=O)(=O)c1cc(N)cc(C)c1F. The first-order valence-electron chi connectivity index (χ1n) is 6.48. The number of likely N-dealkylation sites (N-methyl/N-ethyl adjacent to an activating group) is 1. The van der Waals surface area contributed by atoms with Crippen molar-refractivity contribution in [3.05, 3.63) is 23.5 Å². The monoisotopic (exact) mass is 304 g/mol. The molecule has 0 unspecified atom stereocenters. The molecule has 0 aromatic heterocycles. The zero-order chi connectivity index (χ0) is 15.3. The van der Waals surface area contributed by atoms with Crippen LogP contribution in [0.4, 0.5) is 10.1 Å². The molecule has 0 saturated heterocycles. The molecule has 0 saturated carbocycles. The molecule has 1 aromatic carbocycles. The minimum absolute atomic E-state index is 0.181. The van der Waals surface area contributed by atoms with Crippen molar-refractivity contribution in [2.75, 3.05) is 32.0 Å². The normalized spacial score (nSPS) is 12.1. The molecule has 114 valence electrons. The van der Waals surface area contributed by atoms with E-state index in [-0.39, 0.29) is 35.8 Å². The van der Waals surface area contributed by atoms with Crippen LogP contribution in [0.25, 0.3) is 0 Å².